The van der Waals surface area contributed by atoms with Crippen LogP contribution in [0.25, 0.3) is 0 Å². The van der Waals surface area contributed by atoms with Gasteiger partial charge in [-0.2, -0.15) is 0 Å². The van der Waals surface area contributed by atoms with Gasteiger partial charge in [0.25, 0.3) is 0 Å². The van der Waals surface area contributed by atoms with Gasteiger partial charge in [0.05, 0.1) is 19.3 Å². The maximum absolute atomic E-state index is 13.1. The Balaban J connectivity index is 1.68. The van der Waals surface area contributed by atoms with Gasteiger partial charge in [-0.05, 0) is 43.2 Å². The van der Waals surface area contributed by atoms with E-state index in [1.165, 1.54) is 12.1 Å². The average Bonchev–Trinajstić information content (AvgIpc) is 3.16. The van der Waals surface area contributed by atoms with Crippen LogP contribution in [0.4, 0.5) is 10.1 Å². The summed E-state index contributed by atoms with van der Waals surface area (Å²) in [6.45, 7) is 5.24. The van der Waals surface area contributed by atoms with Gasteiger partial charge in [0.2, 0.25) is 5.91 Å². The maximum atomic E-state index is 13.1. The van der Waals surface area contributed by atoms with Crippen LogP contribution in [0.1, 0.15) is 24.9 Å². The van der Waals surface area contributed by atoms with Gasteiger partial charge in [-0.25, -0.2) is 4.39 Å². The molecule has 0 aromatic heterocycles. The molecule has 1 heterocycles. The van der Waals surface area contributed by atoms with Crippen molar-refractivity contribution in [2.75, 3.05) is 38.2 Å². The van der Waals surface area contributed by atoms with Gasteiger partial charge in [-0.3, -0.25) is 9.69 Å². The number of hydrogen-bond acceptors (Lipinski definition) is 4. The number of carbonyl (C=O) groups excluding carboxylic acids is 1. The monoisotopic (exact) mass is 386 g/mol. The third-order valence-corrected chi connectivity index (χ3v) is 4.80. The highest BCUT2D eigenvalue weighted by Crippen LogP contribution is 2.28. The highest BCUT2D eigenvalue weighted by molar-refractivity contribution is 5.95. The summed E-state index contributed by atoms with van der Waals surface area (Å²) in [5, 5.41) is 2.91. The number of benzene rings is 2. The van der Waals surface area contributed by atoms with Gasteiger partial charge in [0.15, 0.2) is 0 Å². The third kappa shape index (κ3) is 5.61. The van der Waals surface area contributed by atoms with Crippen LogP contribution in [-0.4, -0.2) is 49.8 Å². The molecule has 6 heteroatoms. The number of carbonyl (C=O) groups is 1. The number of ether oxygens (including phenoxy) is 2. The molecule has 5 nitrogen and oxygen atoms in total. The Kier molecular flexibility index (Phi) is 7.54. The van der Waals surface area contributed by atoms with Gasteiger partial charge in [-0.1, -0.05) is 30.3 Å². The molecule has 1 aliphatic rings. The second kappa shape index (κ2) is 10.3. The molecule has 2 aromatic rings. The summed E-state index contributed by atoms with van der Waals surface area (Å²) < 4.78 is 24.4. The smallest absolute Gasteiger partial charge is 0.246 e. The Labute approximate surface area is 165 Å². The first kappa shape index (κ1) is 20.5. The molecule has 1 fully saturated rings. The van der Waals surface area contributed by atoms with Crippen LogP contribution < -0.4 is 5.32 Å². The standard InChI is InChI=1S/C22H27FN2O3/c1-2-27-14-15-28-20-12-13-25(16-20)21(17-6-4-3-5-7-17)22(26)24-19-10-8-18(23)9-11-19/h3-11,20-21H,2,12-16H2,1H3,(H,24,26)/t20-,21-/m0/s1. The molecule has 1 amide bonds. The summed E-state index contributed by atoms with van der Waals surface area (Å²) in [6, 6.07) is 15.1. The molecule has 2 aromatic carbocycles. The number of hydrogen-bond donors (Lipinski definition) is 1. The topological polar surface area (TPSA) is 50.8 Å². The molecular weight excluding hydrogens is 359 g/mol. The quantitative estimate of drug-likeness (QED) is 0.669. The van der Waals surface area contributed by atoms with Gasteiger partial charge >= 0.3 is 0 Å². The van der Waals surface area contributed by atoms with Crippen molar-refractivity contribution < 1.29 is 18.7 Å². The molecule has 0 radical (unpaired) electrons. The summed E-state index contributed by atoms with van der Waals surface area (Å²) in [5.74, 6) is -0.461. The van der Waals surface area contributed by atoms with Crippen molar-refractivity contribution in [3.05, 3.63) is 66.0 Å². The Morgan fingerprint density at radius 3 is 2.64 bits per heavy atom. The first-order valence-corrected chi connectivity index (χ1v) is 9.72. The summed E-state index contributed by atoms with van der Waals surface area (Å²) >= 11 is 0. The molecule has 0 aliphatic carbocycles. The second-order valence-electron chi connectivity index (χ2n) is 6.78. The zero-order valence-electron chi connectivity index (χ0n) is 16.1. The zero-order chi connectivity index (χ0) is 19.8. The van der Waals surface area contributed by atoms with Crippen molar-refractivity contribution in [3.63, 3.8) is 0 Å². The zero-order valence-corrected chi connectivity index (χ0v) is 16.1. The van der Waals surface area contributed by atoms with Crippen LogP contribution in [0.15, 0.2) is 54.6 Å². The fraction of sp³-hybridized carbons (Fsp3) is 0.409. The van der Waals surface area contributed by atoms with Crippen molar-refractivity contribution in [1.29, 1.82) is 0 Å². The van der Waals surface area contributed by atoms with Crippen LogP contribution >= 0.6 is 0 Å². The lowest BCUT2D eigenvalue weighted by Gasteiger charge is -2.27. The first-order valence-electron chi connectivity index (χ1n) is 9.72. The number of likely N-dealkylation sites (tertiary alicyclic amines) is 1. The molecule has 1 saturated heterocycles. The van der Waals surface area contributed by atoms with Crippen LogP contribution in [-0.2, 0) is 14.3 Å². The minimum Gasteiger partial charge on any atom is -0.379 e. The predicted molar refractivity (Wildman–Crippen MR) is 107 cm³/mol. The van der Waals surface area contributed by atoms with Crippen molar-refractivity contribution in [1.82, 2.24) is 4.90 Å². The second-order valence-corrected chi connectivity index (χ2v) is 6.78. The van der Waals surface area contributed by atoms with Crippen LogP contribution in [0.5, 0.6) is 0 Å². The van der Waals surface area contributed by atoms with E-state index < -0.39 is 6.04 Å². The molecule has 0 bridgehead atoms. The third-order valence-electron chi connectivity index (χ3n) is 4.80. The normalized spacial score (nSPS) is 18.1. The molecule has 3 rings (SSSR count). The number of amides is 1. The fourth-order valence-corrected chi connectivity index (χ4v) is 3.45. The Hall–Kier alpha value is -2.28. The summed E-state index contributed by atoms with van der Waals surface area (Å²) in [4.78, 5) is 15.2. The largest absolute Gasteiger partial charge is 0.379 e. The molecule has 150 valence electrons. The van der Waals surface area contributed by atoms with Gasteiger partial charge in [0, 0.05) is 25.4 Å². The van der Waals surface area contributed by atoms with E-state index in [1.807, 2.05) is 37.3 Å². The summed E-state index contributed by atoms with van der Waals surface area (Å²) in [6.07, 6.45) is 0.963. The van der Waals surface area contributed by atoms with E-state index in [4.69, 9.17) is 9.47 Å². The van der Waals surface area contributed by atoms with Crippen molar-refractivity contribution in [2.45, 2.75) is 25.5 Å². The van der Waals surface area contributed by atoms with Crippen LogP contribution in [0.2, 0.25) is 0 Å². The van der Waals surface area contributed by atoms with E-state index in [2.05, 4.69) is 10.2 Å². The van der Waals surface area contributed by atoms with Crippen LogP contribution in [0.3, 0.4) is 0 Å². The maximum Gasteiger partial charge on any atom is 0.246 e. The van der Waals surface area contributed by atoms with Crippen molar-refractivity contribution in [3.8, 4) is 0 Å². The van der Waals surface area contributed by atoms with Gasteiger partial charge in [-0.15, -0.1) is 0 Å². The molecule has 28 heavy (non-hydrogen) atoms. The van der Waals surface area contributed by atoms with Crippen molar-refractivity contribution >= 4 is 11.6 Å². The van der Waals surface area contributed by atoms with Gasteiger partial charge in [0.1, 0.15) is 11.9 Å². The molecule has 0 spiro atoms. The molecule has 0 unspecified atom stereocenters. The number of halogens is 1. The molecule has 2 atom stereocenters. The Morgan fingerprint density at radius 1 is 1.18 bits per heavy atom. The SMILES string of the molecule is CCOCCO[C@H]1CCN([C@H](C(=O)Nc2ccc(F)cc2)c2ccccc2)C1. The Bertz CT molecular complexity index is 739. The minimum atomic E-state index is -0.424. The van der Waals surface area contributed by atoms with Gasteiger partial charge < -0.3 is 14.8 Å². The average molecular weight is 386 g/mol. The number of nitrogens with one attached hydrogen (secondary N) is 1. The molecular formula is C22H27FN2O3. The molecule has 1 aliphatic heterocycles. The minimum absolute atomic E-state index is 0.0882. The predicted octanol–water partition coefficient (Wildman–Crippen LogP) is 3.63. The van der Waals surface area contributed by atoms with E-state index in [-0.39, 0.29) is 17.8 Å². The summed E-state index contributed by atoms with van der Waals surface area (Å²) in [5.41, 5.74) is 1.51. The van der Waals surface area contributed by atoms with Crippen LogP contribution in [0, 0.1) is 5.82 Å². The fourth-order valence-electron chi connectivity index (χ4n) is 3.45. The number of nitrogens with zero attached hydrogens (tertiary/aromatic N) is 1. The van der Waals surface area contributed by atoms with E-state index >= 15 is 0 Å². The van der Waals surface area contributed by atoms with E-state index in [1.54, 1.807) is 12.1 Å². The Morgan fingerprint density at radius 2 is 1.93 bits per heavy atom. The summed E-state index contributed by atoms with van der Waals surface area (Å²) in [7, 11) is 0. The van der Waals surface area contributed by atoms with Crippen molar-refractivity contribution in [2.24, 2.45) is 0 Å². The highest BCUT2D eigenvalue weighted by Gasteiger charge is 2.34. The lowest BCUT2D eigenvalue weighted by atomic mass is 10.0. The number of rotatable bonds is 9. The highest BCUT2D eigenvalue weighted by atomic mass is 19.1. The molecule has 0 saturated carbocycles. The van der Waals surface area contributed by atoms with E-state index in [0.717, 1.165) is 18.5 Å². The molecule has 1 N–H and O–H groups in total. The number of anilines is 1. The van der Waals surface area contributed by atoms with E-state index in [0.29, 0.717) is 32.1 Å². The van der Waals surface area contributed by atoms with E-state index in [9.17, 15) is 9.18 Å². The lowest BCUT2D eigenvalue weighted by Crippen LogP contribution is -2.36. The lowest BCUT2D eigenvalue weighted by molar-refractivity contribution is -0.121. The first-order chi connectivity index (χ1) is 13.7.